The van der Waals surface area contributed by atoms with Crippen LogP contribution in [0.15, 0.2) is 11.6 Å². The zero-order valence-electron chi connectivity index (χ0n) is 21.1. The minimum atomic E-state index is -0.123. The van der Waals surface area contributed by atoms with Gasteiger partial charge in [-0.15, -0.1) is 0 Å². The van der Waals surface area contributed by atoms with Gasteiger partial charge in [-0.3, -0.25) is 0 Å². The van der Waals surface area contributed by atoms with Crippen molar-refractivity contribution >= 4 is 0 Å². The van der Waals surface area contributed by atoms with E-state index in [1.54, 1.807) is 0 Å². The molecule has 1 nitrogen and oxygen atoms in total. The molecule has 8 atom stereocenters. The first kappa shape index (κ1) is 22.9. The lowest BCUT2D eigenvalue weighted by Gasteiger charge is -2.62. The number of hydrogen-bond donors (Lipinski definition) is 1. The van der Waals surface area contributed by atoms with E-state index in [1.165, 1.54) is 57.8 Å². The van der Waals surface area contributed by atoms with Crippen LogP contribution < -0.4 is 0 Å². The summed E-state index contributed by atoms with van der Waals surface area (Å²) in [7, 11) is 0. The average Bonchev–Trinajstić information content (AvgIpc) is 3.02. The van der Waals surface area contributed by atoms with Crippen LogP contribution in [0.5, 0.6) is 0 Å². The summed E-state index contributed by atoms with van der Waals surface area (Å²) in [6, 6.07) is 0. The molecule has 3 fully saturated rings. The molecule has 30 heavy (non-hydrogen) atoms. The molecule has 0 amide bonds. The van der Waals surface area contributed by atoms with Crippen LogP contribution in [0.3, 0.4) is 0 Å². The van der Waals surface area contributed by atoms with Gasteiger partial charge >= 0.3 is 0 Å². The second-order valence-electron chi connectivity index (χ2n) is 13.5. The van der Waals surface area contributed by atoms with Gasteiger partial charge in [0.1, 0.15) is 0 Å². The molecule has 0 saturated heterocycles. The molecule has 0 heterocycles. The Kier molecular flexibility index (Phi) is 6.05. The summed E-state index contributed by atoms with van der Waals surface area (Å²) in [4.78, 5) is 0. The fourth-order valence-electron chi connectivity index (χ4n) is 9.33. The predicted molar refractivity (Wildman–Crippen MR) is 128 cm³/mol. The van der Waals surface area contributed by atoms with Crippen molar-refractivity contribution in [1.29, 1.82) is 0 Å². The molecule has 4 aliphatic rings. The van der Waals surface area contributed by atoms with Crippen molar-refractivity contribution < 1.29 is 5.11 Å². The van der Waals surface area contributed by atoms with Crippen molar-refractivity contribution in [2.75, 3.05) is 0 Å². The van der Waals surface area contributed by atoms with Crippen molar-refractivity contribution in [3.8, 4) is 0 Å². The third kappa shape index (κ3) is 3.45. The molecule has 0 spiro atoms. The normalized spacial score (nSPS) is 46.0. The molecule has 0 aliphatic heterocycles. The van der Waals surface area contributed by atoms with E-state index in [1.807, 2.05) is 5.57 Å². The van der Waals surface area contributed by atoms with E-state index in [2.05, 4.69) is 54.5 Å². The van der Waals surface area contributed by atoms with Crippen molar-refractivity contribution in [2.24, 2.45) is 51.8 Å². The largest absolute Gasteiger partial charge is 0.393 e. The van der Waals surface area contributed by atoms with Crippen LogP contribution >= 0.6 is 0 Å². The van der Waals surface area contributed by atoms with Gasteiger partial charge in [0.15, 0.2) is 0 Å². The minimum Gasteiger partial charge on any atom is -0.393 e. The monoisotopic (exact) mass is 414 g/mol. The Morgan fingerprint density at radius 3 is 2.27 bits per heavy atom. The molecule has 1 heteroatoms. The maximum atomic E-state index is 10.8. The van der Waals surface area contributed by atoms with Gasteiger partial charge in [0.2, 0.25) is 0 Å². The highest BCUT2D eigenvalue weighted by atomic mass is 16.3. The van der Waals surface area contributed by atoms with E-state index in [-0.39, 0.29) is 11.5 Å². The first-order valence-electron chi connectivity index (χ1n) is 13.4. The van der Waals surface area contributed by atoms with E-state index < -0.39 is 0 Å². The first-order valence-corrected chi connectivity index (χ1v) is 13.4. The zero-order valence-corrected chi connectivity index (χ0v) is 21.1. The summed E-state index contributed by atoms with van der Waals surface area (Å²) in [5.74, 6) is 4.90. The first-order chi connectivity index (χ1) is 14.0. The van der Waals surface area contributed by atoms with E-state index in [0.717, 1.165) is 36.0 Å². The number of allylic oxidation sites excluding steroid dienone is 2. The van der Waals surface area contributed by atoms with E-state index in [9.17, 15) is 5.11 Å². The number of rotatable bonds is 5. The Balaban J connectivity index is 1.54. The maximum absolute atomic E-state index is 10.8. The molecular weight excluding hydrogens is 364 g/mol. The summed E-state index contributed by atoms with van der Waals surface area (Å²) in [5, 5.41) is 10.8. The van der Waals surface area contributed by atoms with Crippen LogP contribution in [0.4, 0.5) is 0 Å². The second kappa shape index (κ2) is 7.93. The van der Waals surface area contributed by atoms with Crippen molar-refractivity contribution in [1.82, 2.24) is 0 Å². The third-order valence-electron chi connectivity index (χ3n) is 11.2. The van der Waals surface area contributed by atoms with Gasteiger partial charge in [0.05, 0.1) is 6.10 Å². The highest BCUT2D eigenvalue weighted by molar-refractivity contribution is 5.28. The highest BCUT2D eigenvalue weighted by Crippen LogP contribution is 2.68. The lowest BCUT2D eigenvalue weighted by atomic mass is 9.43. The third-order valence-corrected chi connectivity index (χ3v) is 11.2. The summed E-state index contributed by atoms with van der Waals surface area (Å²) in [5.41, 5.74) is 2.85. The molecule has 1 N–H and O–H groups in total. The molecule has 3 saturated carbocycles. The van der Waals surface area contributed by atoms with Gasteiger partial charge in [-0.2, -0.15) is 0 Å². The van der Waals surface area contributed by atoms with Crippen LogP contribution in [0.1, 0.15) is 113 Å². The van der Waals surface area contributed by atoms with Crippen LogP contribution in [0.25, 0.3) is 0 Å². The average molecular weight is 415 g/mol. The van der Waals surface area contributed by atoms with Crippen LogP contribution in [-0.2, 0) is 0 Å². The molecule has 172 valence electrons. The fraction of sp³-hybridized carbons (Fsp3) is 0.931. The van der Waals surface area contributed by atoms with Gasteiger partial charge in [-0.1, -0.05) is 79.4 Å². The van der Waals surface area contributed by atoms with Gasteiger partial charge in [-0.05, 0) is 96.7 Å². The SMILES string of the molecule is CC(C)CCC[C@@H](C)[C@H]1CC[C@H]2C3=CC[C@H]4C(C)(C)[C@@H](O)CC[C@]4(C)C3CC[C@]12C. The number of fused-ring (bicyclic) bond motifs is 5. The van der Waals surface area contributed by atoms with Crippen molar-refractivity contribution in [3.05, 3.63) is 11.6 Å². The van der Waals surface area contributed by atoms with Crippen molar-refractivity contribution in [3.63, 3.8) is 0 Å². The Morgan fingerprint density at radius 1 is 0.900 bits per heavy atom. The standard InChI is InChI=1S/C29H50O/c1-19(2)9-8-10-20(3)22-12-13-23-21-11-14-25-27(4,5)26(30)16-18-29(25,7)24(21)15-17-28(22,23)6/h11,19-20,22-26,30H,8-10,12-18H2,1-7H3/t20-,22-,23+,24?,25+,26+,28-,29-/m1/s1. The smallest absolute Gasteiger partial charge is 0.0594 e. The molecule has 0 aromatic heterocycles. The summed E-state index contributed by atoms with van der Waals surface area (Å²) >= 11 is 0. The number of hydrogen-bond acceptors (Lipinski definition) is 1. The Bertz CT molecular complexity index is 659. The highest BCUT2D eigenvalue weighted by Gasteiger charge is 2.61. The molecule has 0 aromatic rings. The lowest BCUT2D eigenvalue weighted by Crippen LogP contribution is -2.56. The predicted octanol–water partition coefficient (Wildman–Crippen LogP) is 8.02. The van der Waals surface area contributed by atoms with E-state index >= 15 is 0 Å². The molecular formula is C29H50O. The van der Waals surface area contributed by atoms with E-state index in [4.69, 9.17) is 0 Å². The van der Waals surface area contributed by atoms with Crippen LogP contribution in [0, 0.1) is 51.8 Å². The minimum absolute atomic E-state index is 0.0545. The summed E-state index contributed by atoms with van der Waals surface area (Å²) < 4.78 is 0. The maximum Gasteiger partial charge on any atom is 0.0594 e. The molecule has 0 bridgehead atoms. The molecule has 4 aliphatic carbocycles. The zero-order chi connectivity index (χ0) is 21.9. The molecule has 0 aromatic carbocycles. The van der Waals surface area contributed by atoms with E-state index in [0.29, 0.717) is 16.7 Å². The Hall–Kier alpha value is -0.300. The molecule has 1 unspecified atom stereocenters. The second-order valence-corrected chi connectivity index (χ2v) is 13.5. The quantitative estimate of drug-likeness (QED) is 0.451. The number of aliphatic hydroxyl groups is 1. The van der Waals surface area contributed by atoms with Gasteiger partial charge < -0.3 is 5.11 Å². The number of aliphatic hydroxyl groups excluding tert-OH is 1. The molecule has 4 rings (SSSR count). The van der Waals surface area contributed by atoms with Crippen LogP contribution in [0.2, 0.25) is 0 Å². The fourth-order valence-corrected chi connectivity index (χ4v) is 9.33. The van der Waals surface area contributed by atoms with Gasteiger partial charge in [0.25, 0.3) is 0 Å². The molecule has 0 radical (unpaired) electrons. The summed E-state index contributed by atoms with van der Waals surface area (Å²) in [6.45, 7) is 17.3. The Labute approximate surface area is 187 Å². The summed E-state index contributed by atoms with van der Waals surface area (Å²) in [6.07, 6.45) is 16.0. The van der Waals surface area contributed by atoms with Crippen LogP contribution in [-0.4, -0.2) is 11.2 Å². The Morgan fingerprint density at radius 2 is 1.57 bits per heavy atom. The topological polar surface area (TPSA) is 20.2 Å². The van der Waals surface area contributed by atoms with Gasteiger partial charge in [-0.25, -0.2) is 0 Å². The lowest BCUT2D eigenvalue weighted by molar-refractivity contribution is -0.125. The van der Waals surface area contributed by atoms with Gasteiger partial charge in [0, 0.05) is 0 Å². The van der Waals surface area contributed by atoms with Crippen molar-refractivity contribution in [2.45, 2.75) is 119 Å².